The molecule has 146 valence electrons. The van der Waals surface area contributed by atoms with E-state index in [2.05, 4.69) is 26.9 Å². The predicted molar refractivity (Wildman–Crippen MR) is 95.9 cm³/mol. The minimum atomic E-state index is -4.68. The molecule has 1 aromatic carbocycles. The molecule has 0 spiro atoms. The van der Waals surface area contributed by atoms with Crippen LogP contribution in [0.15, 0.2) is 29.3 Å². The molecule has 8 heteroatoms. The highest BCUT2D eigenvalue weighted by molar-refractivity contribution is 5.77. The van der Waals surface area contributed by atoms with E-state index < -0.39 is 6.36 Å². The van der Waals surface area contributed by atoms with Gasteiger partial charge in [0, 0.05) is 13.1 Å². The fraction of sp³-hybridized carbons (Fsp3) is 0.611. The zero-order chi connectivity index (χ0) is 19.0. The maximum atomic E-state index is 12.1. The van der Waals surface area contributed by atoms with Crippen molar-refractivity contribution in [3.05, 3.63) is 29.8 Å². The quantitative estimate of drug-likeness (QED) is 0.570. The standard InChI is InChI=1S/C18H27F3N4O/c1-14(13-25-9-3-2-4-10-25)11-23-17(22)24-12-15-5-7-16(8-6-15)26-18(19,20)21/h5-8,14H,2-4,9-13H2,1H3,(H3,22,23,24). The van der Waals surface area contributed by atoms with Gasteiger partial charge in [-0.3, -0.25) is 0 Å². The van der Waals surface area contributed by atoms with Crippen molar-refractivity contribution in [3.8, 4) is 5.75 Å². The van der Waals surface area contributed by atoms with Crippen LogP contribution in [0.4, 0.5) is 13.2 Å². The van der Waals surface area contributed by atoms with E-state index in [1.54, 1.807) is 0 Å². The van der Waals surface area contributed by atoms with Crippen molar-refractivity contribution in [1.82, 2.24) is 10.2 Å². The Balaban J connectivity index is 1.71. The summed E-state index contributed by atoms with van der Waals surface area (Å²) in [7, 11) is 0. The summed E-state index contributed by atoms with van der Waals surface area (Å²) < 4.78 is 40.2. The van der Waals surface area contributed by atoms with E-state index in [0.717, 1.165) is 18.7 Å². The molecule has 0 aromatic heterocycles. The molecule has 0 aliphatic carbocycles. The van der Waals surface area contributed by atoms with Gasteiger partial charge in [0.25, 0.3) is 0 Å². The largest absolute Gasteiger partial charge is 0.573 e. The predicted octanol–water partition coefficient (Wildman–Crippen LogP) is 3.11. The van der Waals surface area contributed by atoms with Gasteiger partial charge < -0.3 is 20.7 Å². The minimum absolute atomic E-state index is 0.247. The highest BCUT2D eigenvalue weighted by Crippen LogP contribution is 2.22. The average molecular weight is 372 g/mol. The highest BCUT2D eigenvalue weighted by atomic mass is 19.4. The van der Waals surface area contributed by atoms with Crippen LogP contribution in [-0.2, 0) is 6.54 Å². The fourth-order valence-corrected chi connectivity index (χ4v) is 2.95. The molecule has 0 bridgehead atoms. The Kier molecular flexibility index (Phi) is 7.56. The highest BCUT2D eigenvalue weighted by Gasteiger charge is 2.30. The number of hydrogen-bond donors (Lipinski definition) is 2. The Morgan fingerprint density at radius 2 is 1.88 bits per heavy atom. The summed E-state index contributed by atoms with van der Waals surface area (Å²) in [5.41, 5.74) is 6.62. The van der Waals surface area contributed by atoms with Crippen molar-refractivity contribution < 1.29 is 17.9 Å². The van der Waals surface area contributed by atoms with Gasteiger partial charge in [0.2, 0.25) is 0 Å². The van der Waals surface area contributed by atoms with E-state index >= 15 is 0 Å². The van der Waals surface area contributed by atoms with Gasteiger partial charge in [0.1, 0.15) is 5.75 Å². The first-order valence-electron chi connectivity index (χ1n) is 8.92. The van der Waals surface area contributed by atoms with Crippen molar-refractivity contribution in [1.29, 1.82) is 0 Å². The molecule has 2 rings (SSSR count). The number of halogens is 3. The first-order chi connectivity index (χ1) is 12.3. The minimum Gasteiger partial charge on any atom is -0.406 e. The van der Waals surface area contributed by atoms with E-state index in [1.165, 1.54) is 56.6 Å². The van der Waals surface area contributed by atoms with Crippen LogP contribution in [0.1, 0.15) is 31.7 Å². The third-order valence-corrected chi connectivity index (χ3v) is 4.24. The van der Waals surface area contributed by atoms with Gasteiger partial charge in [-0.2, -0.15) is 0 Å². The monoisotopic (exact) mass is 372 g/mol. The van der Waals surface area contributed by atoms with Crippen molar-refractivity contribution in [2.45, 2.75) is 39.1 Å². The molecular weight excluding hydrogens is 345 g/mol. The average Bonchev–Trinajstić information content (AvgIpc) is 2.59. The van der Waals surface area contributed by atoms with Crippen LogP contribution in [-0.4, -0.2) is 43.4 Å². The van der Waals surface area contributed by atoms with Crippen LogP contribution in [0.5, 0.6) is 5.75 Å². The normalized spacial score (nSPS) is 17.8. The summed E-state index contributed by atoms with van der Waals surface area (Å²) in [6.45, 7) is 6.59. The molecular formula is C18H27F3N4O. The van der Waals surface area contributed by atoms with Crippen LogP contribution < -0.4 is 15.8 Å². The molecule has 1 atom stereocenters. The Hall–Kier alpha value is -1.96. The van der Waals surface area contributed by atoms with E-state index in [-0.39, 0.29) is 5.75 Å². The zero-order valence-corrected chi connectivity index (χ0v) is 15.1. The van der Waals surface area contributed by atoms with E-state index in [0.29, 0.717) is 18.4 Å². The van der Waals surface area contributed by atoms with Gasteiger partial charge in [-0.1, -0.05) is 25.5 Å². The number of nitrogens with zero attached hydrogens (tertiary/aromatic N) is 2. The molecule has 1 aromatic rings. The van der Waals surface area contributed by atoms with Gasteiger partial charge in [-0.25, -0.2) is 4.99 Å². The lowest BCUT2D eigenvalue weighted by atomic mass is 10.1. The van der Waals surface area contributed by atoms with Crippen LogP contribution in [0, 0.1) is 5.92 Å². The van der Waals surface area contributed by atoms with Gasteiger partial charge in [-0.05, 0) is 49.5 Å². The lowest BCUT2D eigenvalue weighted by Crippen LogP contribution is -2.40. The Bertz CT molecular complexity index is 569. The van der Waals surface area contributed by atoms with Crippen molar-refractivity contribution in [3.63, 3.8) is 0 Å². The molecule has 26 heavy (non-hydrogen) atoms. The fourth-order valence-electron chi connectivity index (χ4n) is 2.95. The Morgan fingerprint density at radius 1 is 1.23 bits per heavy atom. The SMILES string of the molecule is CC(CNC(N)=NCc1ccc(OC(F)(F)F)cc1)CN1CCCCC1. The number of nitrogens with one attached hydrogen (secondary N) is 1. The van der Waals surface area contributed by atoms with Gasteiger partial charge in [-0.15, -0.1) is 13.2 Å². The molecule has 0 saturated carbocycles. The van der Waals surface area contributed by atoms with Crippen LogP contribution in [0.25, 0.3) is 0 Å². The third-order valence-electron chi connectivity index (χ3n) is 4.24. The van der Waals surface area contributed by atoms with Crippen LogP contribution in [0.3, 0.4) is 0 Å². The first kappa shape index (κ1) is 20.4. The molecule has 1 aliphatic heterocycles. The van der Waals surface area contributed by atoms with Crippen LogP contribution >= 0.6 is 0 Å². The number of guanidine groups is 1. The second-order valence-corrected chi connectivity index (χ2v) is 6.74. The van der Waals surface area contributed by atoms with E-state index in [9.17, 15) is 13.2 Å². The summed E-state index contributed by atoms with van der Waals surface area (Å²) in [4.78, 5) is 6.70. The first-order valence-corrected chi connectivity index (χ1v) is 8.92. The number of ether oxygens (including phenoxy) is 1. The van der Waals surface area contributed by atoms with E-state index in [1.807, 2.05) is 0 Å². The maximum Gasteiger partial charge on any atom is 0.573 e. The van der Waals surface area contributed by atoms with Crippen molar-refractivity contribution >= 4 is 5.96 Å². The molecule has 0 amide bonds. The lowest BCUT2D eigenvalue weighted by Gasteiger charge is -2.29. The van der Waals surface area contributed by atoms with Crippen molar-refractivity contribution in [2.75, 3.05) is 26.2 Å². The number of benzene rings is 1. The Labute approximate surface area is 152 Å². The number of rotatable bonds is 7. The molecule has 1 fully saturated rings. The summed E-state index contributed by atoms with van der Waals surface area (Å²) in [5.74, 6) is 0.551. The summed E-state index contributed by atoms with van der Waals surface area (Å²) in [6.07, 6.45) is -0.807. The zero-order valence-electron chi connectivity index (χ0n) is 15.1. The lowest BCUT2D eigenvalue weighted by molar-refractivity contribution is -0.274. The van der Waals surface area contributed by atoms with Crippen molar-refractivity contribution in [2.24, 2.45) is 16.6 Å². The summed E-state index contributed by atoms with van der Waals surface area (Å²) >= 11 is 0. The van der Waals surface area contributed by atoms with Crippen LogP contribution in [0.2, 0.25) is 0 Å². The smallest absolute Gasteiger partial charge is 0.406 e. The molecule has 3 N–H and O–H groups in total. The third kappa shape index (κ3) is 7.95. The topological polar surface area (TPSA) is 62.9 Å². The molecule has 1 unspecified atom stereocenters. The number of alkyl halides is 3. The maximum absolute atomic E-state index is 12.1. The summed E-state index contributed by atoms with van der Waals surface area (Å²) in [6, 6.07) is 5.61. The molecule has 5 nitrogen and oxygen atoms in total. The Morgan fingerprint density at radius 3 is 2.50 bits per heavy atom. The second-order valence-electron chi connectivity index (χ2n) is 6.74. The van der Waals surface area contributed by atoms with E-state index in [4.69, 9.17) is 5.73 Å². The van der Waals surface area contributed by atoms with Gasteiger partial charge in [0.05, 0.1) is 6.54 Å². The van der Waals surface area contributed by atoms with Gasteiger partial charge >= 0.3 is 6.36 Å². The number of likely N-dealkylation sites (tertiary alicyclic amines) is 1. The molecule has 1 heterocycles. The molecule has 1 saturated heterocycles. The second kappa shape index (κ2) is 9.66. The number of hydrogen-bond acceptors (Lipinski definition) is 3. The number of aliphatic imine (C=N–C) groups is 1. The number of nitrogens with two attached hydrogens (primary N) is 1. The van der Waals surface area contributed by atoms with Gasteiger partial charge in [0.15, 0.2) is 5.96 Å². The molecule has 1 aliphatic rings. The molecule has 0 radical (unpaired) electrons. The number of piperidine rings is 1. The summed E-state index contributed by atoms with van der Waals surface area (Å²) in [5, 5.41) is 3.11.